The molecule has 0 spiro atoms. The second-order valence-corrected chi connectivity index (χ2v) is 4.85. The van der Waals surface area contributed by atoms with Crippen LogP contribution in [-0.4, -0.2) is 36.1 Å². The predicted molar refractivity (Wildman–Crippen MR) is 70.9 cm³/mol. The number of halogens is 1. The van der Waals surface area contributed by atoms with E-state index in [9.17, 15) is 0 Å². The van der Waals surface area contributed by atoms with Crippen molar-refractivity contribution in [3.63, 3.8) is 0 Å². The Morgan fingerprint density at radius 1 is 1.29 bits per heavy atom. The Kier molecular flexibility index (Phi) is 2.68. The van der Waals surface area contributed by atoms with Gasteiger partial charge in [-0.05, 0) is 24.6 Å². The molecule has 17 heavy (non-hydrogen) atoms. The van der Waals surface area contributed by atoms with Gasteiger partial charge in [-0.1, -0.05) is 11.6 Å². The number of anilines is 1. The molecule has 0 amide bonds. The molecule has 0 saturated carbocycles. The highest BCUT2D eigenvalue weighted by molar-refractivity contribution is 6.35. The summed E-state index contributed by atoms with van der Waals surface area (Å²) in [7, 11) is 0. The van der Waals surface area contributed by atoms with Gasteiger partial charge in [0.2, 0.25) is 5.95 Å². The molecule has 1 saturated heterocycles. The summed E-state index contributed by atoms with van der Waals surface area (Å²) >= 11 is 6.20. The predicted octanol–water partition coefficient (Wildman–Crippen LogP) is 1.93. The van der Waals surface area contributed by atoms with E-state index in [1.54, 1.807) is 0 Å². The lowest BCUT2D eigenvalue weighted by Crippen LogP contribution is -2.44. The Morgan fingerprint density at radius 3 is 2.82 bits per heavy atom. The summed E-state index contributed by atoms with van der Waals surface area (Å²) in [4.78, 5) is 10.2. The number of aromatic amines is 1. The number of fused-ring (bicyclic) bond motifs is 1. The fourth-order valence-electron chi connectivity index (χ4n) is 2.22. The van der Waals surface area contributed by atoms with Gasteiger partial charge in [0.1, 0.15) is 5.52 Å². The summed E-state index contributed by atoms with van der Waals surface area (Å²) in [6, 6.07) is 4.03. The topological polar surface area (TPSA) is 44.0 Å². The molecule has 1 aliphatic heterocycles. The molecule has 0 radical (unpaired) electrons. The van der Waals surface area contributed by atoms with Crippen molar-refractivity contribution in [2.45, 2.75) is 6.92 Å². The van der Waals surface area contributed by atoms with E-state index >= 15 is 0 Å². The maximum absolute atomic E-state index is 6.20. The molecule has 0 unspecified atom stereocenters. The fraction of sp³-hybridized carbons (Fsp3) is 0.417. The number of piperazine rings is 1. The van der Waals surface area contributed by atoms with Crippen molar-refractivity contribution in [3.8, 4) is 0 Å². The number of imidazole rings is 1. The van der Waals surface area contributed by atoms with Crippen molar-refractivity contribution in [1.82, 2.24) is 15.3 Å². The molecule has 2 N–H and O–H groups in total. The Hall–Kier alpha value is -1.26. The number of rotatable bonds is 1. The van der Waals surface area contributed by atoms with Gasteiger partial charge in [0.15, 0.2) is 0 Å². The molecule has 1 aromatic carbocycles. The van der Waals surface area contributed by atoms with Crippen molar-refractivity contribution in [2.75, 3.05) is 31.1 Å². The average Bonchev–Trinajstić information content (AvgIpc) is 2.74. The Morgan fingerprint density at radius 2 is 2.06 bits per heavy atom. The molecular formula is C12H15ClN4. The normalized spacial score (nSPS) is 16.7. The van der Waals surface area contributed by atoms with Crippen LogP contribution in [0.15, 0.2) is 12.1 Å². The molecule has 5 heteroatoms. The first-order chi connectivity index (χ1) is 8.24. The van der Waals surface area contributed by atoms with Gasteiger partial charge in [-0.25, -0.2) is 4.98 Å². The summed E-state index contributed by atoms with van der Waals surface area (Å²) in [6.07, 6.45) is 0. The quantitative estimate of drug-likeness (QED) is 0.813. The Bertz CT molecular complexity index is 543. The summed E-state index contributed by atoms with van der Waals surface area (Å²) in [5.74, 6) is 0.925. The van der Waals surface area contributed by atoms with E-state index in [4.69, 9.17) is 11.6 Å². The summed E-state index contributed by atoms with van der Waals surface area (Å²) in [6.45, 7) is 6.01. The van der Waals surface area contributed by atoms with Gasteiger partial charge >= 0.3 is 0 Å². The first-order valence-corrected chi connectivity index (χ1v) is 6.23. The summed E-state index contributed by atoms with van der Waals surface area (Å²) in [5.41, 5.74) is 3.03. The minimum Gasteiger partial charge on any atom is -0.340 e. The van der Waals surface area contributed by atoms with Gasteiger partial charge in [-0.15, -0.1) is 0 Å². The van der Waals surface area contributed by atoms with Crippen LogP contribution in [0.25, 0.3) is 11.0 Å². The minimum atomic E-state index is 0.720. The number of hydrogen-bond donors (Lipinski definition) is 2. The van der Waals surface area contributed by atoms with E-state index in [0.717, 1.165) is 53.7 Å². The van der Waals surface area contributed by atoms with Gasteiger partial charge in [-0.3, -0.25) is 0 Å². The van der Waals surface area contributed by atoms with E-state index in [1.165, 1.54) is 0 Å². The monoisotopic (exact) mass is 250 g/mol. The van der Waals surface area contributed by atoms with Crippen LogP contribution in [0.1, 0.15) is 5.56 Å². The highest BCUT2D eigenvalue weighted by Crippen LogP contribution is 2.26. The SMILES string of the molecule is Cc1cc(Cl)c2nc(N3CCNCC3)[nH]c2c1. The Labute approximate surface area is 105 Å². The summed E-state index contributed by atoms with van der Waals surface area (Å²) < 4.78 is 0. The highest BCUT2D eigenvalue weighted by atomic mass is 35.5. The first-order valence-electron chi connectivity index (χ1n) is 5.85. The van der Waals surface area contributed by atoms with Gasteiger partial charge < -0.3 is 15.2 Å². The summed E-state index contributed by atoms with van der Waals surface area (Å²) in [5, 5.41) is 4.05. The number of nitrogens with zero attached hydrogens (tertiary/aromatic N) is 2. The number of aromatic nitrogens is 2. The van der Waals surface area contributed by atoms with E-state index in [0.29, 0.717) is 0 Å². The zero-order valence-corrected chi connectivity index (χ0v) is 10.5. The molecule has 1 aliphatic rings. The smallest absolute Gasteiger partial charge is 0.203 e. The maximum Gasteiger partial charge on any atom is 0.203 e. The van der Waals surface area contributed by atoms with Gasteiger partial charge in [0, 0.05) is 26.2 Å². The zero-order chi connectivity index (χ0) is 11.8. The van der Waals surface area contributed by atoms with Crippen LogP contribution in [0.5, 0.6) is 0 Å². The molecule has 0 atom stereocenters. The van der Waals surface area contributed by atoms with Crippen LogP contribution in [0.4, 0.5) is 5.95 Å². The van der Waals surface area contributed by atoms with Gasteiger partial charge in [-0.2, -0.15) is 0 Å². The molecular weight excluding hydrogens is 236 g/mol. The van der Waals surface area contributed by atoms with Crippen molar-refractivity contribution in [3.05, 3.63) is 22.7 Å². The second kappa shape index (κ2) is 4.20. The number of hydrogen-bond acceptors (Lipinski definition) is 3. The third-order valence-electron chi connectivity index (χ3n) is 3.09. The molecule has 1 fully saturated rings. The van der Waals surface area contributed by atoms with E-state index < -0.39 is 0 Å². The molecule has 0 bridgehead atoms. The number of benzene rings is 1. The van der Waals surface area contributed by atoms with Crippen LogP contribution in [0, 0.1) is 6.92 Å². The number of nitrogens with one attached hydrogen (secondary N) is 2. The van der Waals surface area contributed by atoms with Crippen LogP contribution in [0.2, 0.25) is 5.02 Å². The van der Waals surface area contributed by atoms with Crippen LogP contribution < -0.4 is 10.2 Å². The van der Waals surface area contributed by atoms with Crippen LogP contribution in [-0.2, 0) is 0 Å². The zero-order valence-electron chi connectivity index (χ0n) is 9.76. The number of aryl methyl sites for hydroxylation is 1. The average molecular weight is 251 g/mol. The van der Waals surface area contributed by atoms with Gasteiger partial charge in [0.25, 0.3) is 0 Å². The minimum absolute atomic E-state index is 0.720. The lowest BCUT2D eigenvalue weighted by atomic mass is 10.2. The van der Waals surface area contributed by atoms with Crippen molar-refractivity contribution in [2.24, 2.45) is 0 Å². The molecule has 1 aromatic heterocycles. The molecule has 3 rings (SSSR count). The standard InChI is InChI=1S/C12H15ClN4/c1-8-6-9(13)11-10(7-8)15-12(16-11)17-4-2-14-3-5-17/h6-7,14H,2-5H2,1H3,(H,15,16). The largest absolute Gasteiger partial charge is 0.340 e. The van der Waals surface area contributed by atoms with Gasteiger partial charge in [0.05, 0.1) is 10.5 Å². The second-order valence-electron chi connectivity index (χ2n) is 4.44. The third kappa shape index (κ3) is 1.98. The Balaban J connectivity index is 2.03. The lowest BCUT2D eigenvalue weighted by Gasteiger charge is -2.26. The highest BCUT2D eigenvalue weighted by Gasteiger charge is 2.15. The van der Waals surface area contributed by atoms with Crippen molar-refractivity contribution in [1.29, 1.82) is 0 Å². The lowest BCUT2D eigenvalue weighted by molar-refractivity contribution is 0.582. The van der Waals surface area contributed by atoms with E-state index in [-0.39, 0.29) is 0 Å². The maximum atomic E-state index is 6.20. The molecule has 90 valence electrons. The fourth-order valence-corrected chi connectivity index (χ4v) is 2.54. The molecule has 2 aromatic rings. The molecule has 4 nitrogen and oxygen atoms in total. The molecule has 2 heterocycles. The third-order valence-corrected chi connectivity index (χ3v) is 3.38. The van der Waals surface area contributed by atoms with Crippen LogP contribution >= 0.6 is 11.6 Å². The molecule has 0 aliphatic carbocycles. The van der Waals surface area contributed by atoms with E-state index in [1.807, 2.05) is 13.0 Å². The number of H-pyrrole nitrogens is 1. The first kappa shape index (κ1) is 10.9. The van der Waals surface area contributed by atoms with Crippen molar-refractivity contribution >= 4 is 28.6 Å². The van der Waals surface area contributed by atoms with Crippen molar-refractivity contribution < 1.29 is 0 Å². The van der Waals surface area contributed by atoms with E-state index in [2.05, 4.69) is 26.3 Å². The van der Waals surface area contributed by atoms with Crippen LogP contribution in [0.3, 0.4) is 0 Å².